The zero-order chi connectivity index (χ0) is 17.6. The molecule has 0 spiro atoms. The van der Waals surface area contributed by atoms with Gasteiger partial charge in [0.2, 0.25) is 5.91 Å². The number of benzene rings is 2. The smallest absolute Gasteiger partial charge is 0.308 e. The standard InChI is InChI=1S/C20H21NO4/c22-19-12-16(20(23)24)14-21(19)17-9-4-10-18(13-17)25-11-5-8-15-6-2-1-3-7-15/h1-4,6-7,9-10,13,16H,5,8,11-12,14H2,(H,23,24). The first kappa shape index (κ1) is 17.0. The highest BCUT2D eigenvalue weighted by molar-refractivity contribution is 5.99. The van der Waals surface area contributed by atoms with Crippen LogP contribution in [0.2, 0.25) is 0 Å². The van der Waals surface area contributed by atoms with E-state index in [9.17, 15) is 9.59 Å². The second-order valence-corrected chi connectivity index (χ2v) is 6.18. The molecule has 1 aliphatic rings. The Morgan fingerprint density at radius 1 is 1.16 bits per heavy atom. The molecule has 1 aliphatic heterocycles. The largest absolute Gasteiger partial charge is 0.494 e. The van der Waals surface area contributed by atoms with Crippen molar-refractivity contribution < 1.29 is 19.4 Å². The van der Waals surface area contributed by atoms with Crippen molar-refractivity contribution >= 4 is 17.6 Å². The molecule has 1 N–H and O–H groups in total. The molecule has 0 radical (unpaired) electrons. The number of aliphatic carboxylic acids is 1. The van der Waals surface area contributed by atoms with Crippen LogP contribution in [0.3, 0.4) is 0 Å². The summed E-state index contributed by atoms with van der Waals surface area (Å²) >= 11 is 0. The molecule has 0 saturated carbocycles. The Labute approximate surface area is 146 Å². The van der Waals surface area contributed by atoms with E-state index in [0.717, 1.165) is 12.8 Å². The van der Waals surface area contributed by atoms with E-state index < -0.39 is 11.9 Å². The van der Waals surface area contributed by atoms with Crippen LogP contribution in [0.15, 0.2) is 54.6 Å². The number of hydrogen-bond acceptors (Lipinski definition) is 3. The second-order valence-electron chi connectivity index (χ2n) is 6.18. The van der Waals surface area contributed by atoms with Gasteiger partial charge in [-0.25, -0.2) is 0 Å². The molecule has 5 heteroatoms. The van der Waals surface area contributed by atoms with Gasteiger partial charge in [-0.1, -0.05) is 36.4 Å². The number of rotatable bonds is 7. The minimum atomic E-state index is -0.927. The van der Waals surface area contributed by atoms with Crippen LogP contribution in [-0.2, 0) is 16.0 Å². The van der Waals surface area contributed by atoms with Gasteiger partial charge in [0.15, 0.2) is 0 Å². The molecule has 1 heterocycles. The van der Waals surface area contributed by atoms with Crippen LogP contribution in [-0.4, -0.2) is 30.1 Å². The molecule has 0 bridgehead atoms. The monoisotopic (exact) mass is 339 g/mol. The van der Waals surface area contributed by atoms with Crippen molar-refractivity contribution in [2.45, 2.75) is 19.3 Å². The summed E-state index contributed by atoms with van der Waals surface area (Å²) in [5, 5.41) is 9.08. The molecule has 1 fully saturated rings. The zero-order valence-corrected chi connectivity index (χ0v) is 13.9. The van der Waals surface area contributed by atoms with Crippen LogP contribution in [0.5, 0.6) is 5.75 Å². The van der Waals surface area contributed by atoms with E-state index in [4.69, 9.17) is 9.84 Å². The summed E-state index contributed by atoms with van der Waals surface area (Å²) in [5.41, 5.74) is 1.97. The lowest BCUT2D eigenvalue weighted by atomic mass is 10.1. The van der Waals surface area contributed by atoms with E-state index in [0.29, 0.717) is 18.0 Å². The number of aryl methyl sites for hydroxylation is 1. The molecule has 0 aliphatic carbocycles. The Hall–Kier alpha value is -2.82. The highest BCUT2D eigenvalue weighted by atomic mass is 16.5. The third-order valence-electron chi connectivity index (χ3n) is 4.32. The van der Waals surface area contributed by atoms with Crippen LogP contribution >= 0.6 is 0 Å². The highest BCUT2D eigenvalue weighted by Crippen LogP contribution is 2.28. The van der Waals surface area contributed by atoms with E-state index in [2.05, 4.69) is 12.1 Å². The maximum atomic E-state index is 12.0. The van der Waals surface area contributed by atoms with Crippen molar-refractivity contribution in [1.29, 1.82) is 0 Å². The summed E-state index contributed by atoms with van der Waals surface area (Å²) in [7, 11) is 0. The van der Waals surface area contributed by atoms with E-state index >= 15 is 0 Å². The van der Waals surface area contributed by atoms with Crippen LogP contribution in [0.4, 0.5) is 5.69 Å². The molecule has 1 amide bonds. The van der Waals surface area contributed by atoms with Gasteiger partial charge in [0.05, 0.1) is 12.5 Å². The summed E-state index contributed by atoms with van der Waals surface area (Å²) in [6.07, 6.45) is 1.90. The van der Waals surface area contributed by atoms with Gasteiger partial charge in [-0.3, -0.25) is 9.59 Å². The van der Waals surface area contributed by atoms with Crippen LogP contribution in [0.1, 0.15) is 18.4 Å². The first-order valence-electron chi connectivity index (χ1n) is 8.43. The van der Waals surface area contributed by atoms with Gasteiger partial charge in [0.1, 0.15) is 5.75 Å². The summed E-state index contributed by atoms with van der Waals surface area (Å²) in [6, 6.07) is 17.5. The quantitative estimate of drug-likeness (QED) is 0.787. The molecule has 0 aromatic heterocycles. The van der Waals surface area contributed by atoms with Crippen molar-refractivity contribution in [2.24, 2.45) is 5.92 Å². The van der Waals surface area contributed by atoms with Gasteiger partial charge < -0.3 is 14.7 Å². The number of carbonyl (C=O) groups is 2. The first-order valence-corrected chi connectivity index (χ1v) is 8.43. The van der Waals surface area contributed by atoms with Crippen LogP contribution in [0, 0.1) is 5.92 Å². The van der Waals surface area contributed by atoms with E-state index in [1.54, 1.807) is 12.1 Å². The normalized spacial score (nSPS) is 16.9. The molecular formula is C20H21NO4. The van der Waals surface area contributed by atoms with E-state index in [-0.39, 0.29) is 18.9 Å². The maximum Gasteiger partial charge on any atom is 0.308 e. The summed E-state index contributed by atoms with van der Waals surface area (Å²) in [5.74, 6) is -1.03. The predicted octanol–water partition coefficient (Wildman–Crippen LogP) is 3.14. The third kappa shape index (κ3) is 4.38. The Morgan fingerprint density at radius 3 is 2.68 bits per heavy atom. The molecule has 1 unspecified atom stereocenters. The number of ether oxygens (including phenoxy) is 1. The first-order chi connectivity index (χ1) is 12.1. The number of carboxylic acid groups (broad SMARTS) is 1. The minimum Gasteiger partial charge on any atom is -0.494 e. The Kier molecular flexibility index (Phi) is 5.33. The highest BCUT2D eigenvalue weighted by Gasteiger charge is 2.35. The molecule has 1 atom stereocenters. The van der Waals surface area contributed by atoms with Crippen molar-refractivity contribution in [3.8, 4) is 5.75 Å². The molecule has 2 aromatic rings. The Morgan fingerprint density at radius 2 is 1.96 bits per heavy atom. The average molecular weight is 339 g/mol. The molecule has 3 rings (SSSR count). The van der Waals surface area contributed by atoms with Crippen molar-refractivity contribution in [3.63, 3.8) is 0 Å². The molecule has 1 saturated heterocycles. The average Bonchev–Trinajstić information content (AvgIpc) is 3.02. The fourth-order valence-electron chi connectivity index (χ4n) is 2.97. The number of carbonyl (C=O) groups excluding carboxylic acids is 1. The number of hydrogen-bond donors (Lipinski definition) is 1. The lowest BCUT2D eigenvalue weighted by Gasteiger charge is -2.17. The SMILES string of the molecule is O=C(O)C1CC(=O)N(c2cccc(OCCCc3ccccc3)c2)C1. The summed E-state index contributed by atoms with van der Waals surface area (Å²) < 4.78 is 5.78. The number of nitrogens with zero attached hydrogens (tertiary/aromatic N) is 1. The van der Waals surface area contributed by atoms with Gasteiger partial charge in [0.25, 0.3) is 0 Å². The number of carboxylic acids is 1. The third-order valence-corrected chi connectivity index (χ3v) is 4.32. The summed E-state index contributed by atoms with van der Waals surface area (Å²) in [4.78, 5) is 24.6. The number of anilines is 1. The van der Waals surface area contributed by atoms with Crippen molar-refractivity contribution in [1.82, 2.24) is 0 Å². The minimum absolute atomic E-state index is 0.0531. The molecule has 2 aromatic carbocycles. The Balaban J connectivity index is 1.55. The van der Waals surface area contributed by atoms with E-state index in [1.807, 2.05) is 30.3 Å². The fraction of sp³-hybridized carbons (Fsp3) is 0.300. The van der Waals surface area contributed by atoms with Crippen LogP contribution < -0.4 is 9.64 Å². The van der Waals surface area contributed by atoms with Crippen LogP contribution in [0.25, 0.3) is 0 Å². The lowest BCUT2D eigenvalue weighted by Crippen LogP contribution is -2.25. The summed E-state index contributed by atoms with van der Waals surface area (Å²) in [6.45, 7) is 0.801. The van der Waals surface area contributed by atoms with Gasteiger partial charge >= 0.3 is 5.97 Å². The van der Waals surface area contributed by atoms with Gasteiger partial charge in [-0.05, 0) is 30.5 Å². The fourth-order valence-corrected chi connectivity index (χ4v) is 2.97. The second kappa shape index (κ2) is 7.83. The zero-order valence-electron chi connectivity index (χ0n) is 13.9. The molecule has 5 nitrogen and oxygen atoms in total. The topological polar surface area (TPSA) is 66.8 Å². The van der Waals surface area contributed by atoms with Crippen molar-refractivity contribution in [2.75, 3.05) is 18.1 Å². The van der Waals surface area contributed by atoms with E-state index in [1.165, 1.54) is 10.5 Å². The Bertz CT molecular complexity index is 744. The lowest BCUT2D eigenvalue weighted by molar-refractivity contribution is -0.141. The molecular weight excluding hydrogens is 318 g/mol. The van der Waals surface area contributed by atoms with Gasteiger partial charge in [-0.2, -0.15) is 0 Å². The maximum absolute atomic E-state index is 12.0. The van der Waals surface area contributed by atoms with Gasteiger partial charge in [-0.15, -0.1) is 0 Å². The number of amides is 1. The van der Waals surface area contributed by atoms with Gasteiger partial charge in [0, 0.05) is 24.7 Å². The molecule has 25 heavy (non-hydrogen) atoms. The molecule has 130 valence electrons. The predicted molar refractivity (Wildman–Crippen MR) is 94.8 cm³/mol. The van der Waals surface area contributed by atoms with Crippen molar-refractivity contribution in [3.05, 3.63) is 60.2 Å².